The maximum Gasteiger partial charge on any atom is 0.251 e. The minimum absolute atomic E-state index is 0.0594. The second-order valence-corrected chi connectivity index (χ2v) is 5.61. The van der Waals surface area contributed by atoms with Crippen molar-refractivity contribution in [1.29, 1.82) is 0 Å². The first kappa shape index (κ1) is 13.7. The first-order valence-corrected chi connectivity index (χ1v) is 6.89. The molecule has 2 aromatic rings. The maximum absolute atomic E-state index is 12.4. The van der Waals surface area contributed by atoms with E-state index in [0.717, 1.165) is 12.8 Å². The molecular formula is C14H17N5O2. The summed E-state index contributed by atoms with van der Waals surface area (Å²) in [5.41, 5.74) is 0.676. The highest BCUT2D eigenvalue weighted by Gasteiger charge is 2.42. The highest BCUT2D eigenvalue weighted by Crippen LogP contribution is 2.39. The molecule has 1 heterocycles. The van der Waals surface area contributed by atoms with Gasteiger partial charge in [-0.25, -0.2) is 4.68 Å². The highest BCUT2D eigenvalue weighted by atomic mass is 16.3. The lowest BCUT2D eigenvalue weighted by atomic mass is 9.96. The SMILES string of the molecule is CC(CO)(NC(=O)c1cccc(-n2cnnn2)c1)C1CC1. The summed E-state index contributed by atoms with van der Waals surface area (Å²) in [7, 11) is 0. The average Bonchev–Trinajstić information content (AvgIpc) is 3.23. The molecule has 1 saturated carbocycles. The lowest BCUT2D eigenvalue weighted by Crippen LogP contribution is -2.50. The summed E-state index contributed by atoms with van der Waals surface area (Å²) in [6.45, 7) is 1.82. The summed E-state index contributed by atoms with van der Waals surface area (Å²) in [5.74, 6) is 0.155. The molecule has 1 aromatic heterocycles. The van der Waals surface area contributed by atoms with Crippen LogP contribution in [0.2, 0.25) is 0 Å². The van der Waals surface area contributed by atoms with Crippen LogP contribution in [0.4, 0.5) is 0 Å². The third kappa shape index (κ3) is 2.78. The van der Waals surface area contributed by atoms with Gasteiger partial charge in [-0.05, 0) is 54.3 Å². The number of aliphatic hydroxyl groups is 1. The van der Waals surface area contributed by atoms with Gasteiger partial charge in [0.1, 0.15) is 6.33 Å². The van der Waals surface area contributed by atoms with E-state index < -0.39 is 5.54 Å². The number of benzene rings is 1. The van der Waals surface area contributed by atoms with E-state index in [1.54, 1.807) is 18.2 Å². The fourth-order valence-corrected chi connectivity index (χ4v) is 2.39. The summed E-state index contributed by atoms with van der Waals surface area (Å²) in [5, 5.41) is 23.4. The number of carbonyl (C=O) groups is 1. The van der Waals surface area contributed by atoms with E-state index in [1.165, 1.54) is 11.0 Å². The number of tetrazole rings is 1. The van der Waals surface area contributed by atoms with Gasteiger partial charge >= 0.3 is 0 Å². The van der Waals surface area contributed by atoms with Crippen LogP contribution in [-0.4, -0.2) is 43.4 Å². The number of rotatable bonds is 5. The highest BCUT2D eigenvalue weighted by molar-refractivity contribution is 5.95. The van der Waals surface area contributed by atoms with Crippen molar-refractivity contribution in [2.24, 2.45) is 5.92 Å². The third-order valence-corrected chi connectivity index (χ3v) is 3.93. The van der Waals surface area contributed by atoms with Gasteiger partial charge in [0.2, 0.25) is 0 Å². The Morgan fingerprint density at radius 2 is 2.33 bits per heavy atom. The van der Waals surface area contributed by atoms with Crippen molar-refractivity contribution in [2.45, 2.75) is 25.3 Å². The Kier molecular flexibility index (Phi) is 3.42. The molecule has 0 spiro atoms. The Morgan fingerprint density at radius 1 is 1.52 bits per heavy atom. The number of nitrogens with zero attached hydrogens (tertiary/aromatic N) is 4. The van der Waals surface area contributed by atoms with Crippen LogP contribution in [0.5, 0.6) is 0 Å². The van der Waals surface area contributed by atoms with Gasteiger partial charge in [-0.1, -0.05) is 6.07 Å². The number of nitrogens with one attached hydrogen (secondary N) is 1. The molecule has 1 amide bonds. The first-order valence-electron chi connectivity index (χ1n) is 6.89. The maximum atomic E-state index is 12.4. The van der Waals surface area contributed by atoms with Gasteiger partial charge in [0.05, 0.1) is 17.8 Å². The van der Waals surface area contributed by atoms with Crippen molar-refractivity contribution in [3.63, 3.8) is 0 Å². The van der Waals surface area contributed by atoms with E-state index in [9.17, 15) is 9.90 Å². The monoisotopic (exact) mass is 287 g/mol. The standard InChI is InChI=1S/C14H17N5O2/c1-14(8-20,11-5-6-11)16-13(21)10-3-2-4-12(7-10)19-9-15-17-18-19/h2-4,7,9,11,20H,5-6,8H2,1H3,(H,16,21). The number of carbonyl (C=O) groups excluding carboxylic acids is 1. The Morgan fingerprint density at radius 3 is 2.95 bits per heavy atom. The van der Waals surface area contributed by atoms with Crippen LogP contribution in [0, 0.1) is 5.92 Å². The van der Waals surface area contributed by atoms with Crippen molar-refractivity contribution in [3.8, 4) is 5.69 Å². The van der Waals surface area contributed by atoms with E-state index in [1.807, 2.05) is 13.0 Å². The number of hydrogen-bond acceptors (Lipinski definition) is 5. The van der Waals surface area contributed by atoms with Crippen LogP contribution in [-0.2, 0) is 0 Å². The van der Waals surface area contributed by atoms with E-state index in [2.05, 4.69) is 20.8 Å². The molecule has 21 heavy (non-hydrogen) atoms. The Balaban J connectivity index is 1.80. The molecule has 7 heteroatoms. The topological polar surface area (TPSA) is 92.9 Å². The van der Waals surface area contributed by atoms with E-state index in [-0.39, 0.29) is 12.5 Å². The van der Waals surface area contributed by atoms with Crippen LogP contribution in [0.3, 0.4) is 0 Å². The fourth-order valence-electron chi connectivity index (χ4n) is 2.39. The van der Waals surface area contributed by atoms with Gasteiger partial charge in [0.25, 0.3) is 5.91 Å². The normalized spacial score (nSPS) is 17.2. The largest absolute Gasteiger partial charge is 0.394 e. The Hall–Kier alpha value is -2.28. The van der Waals surface area contributed by atoms with Crippen molar-refractivity contribution in [3.05, 3.63) is 36.2 Å². The van der Waals surface area contributed by atoms with Crippen LogP contribution in [0.25, 0.3) is 5.69 Å². The summed E-state index contributed by atoms with van der Waals surface area (Å²) < 4.78 is 1.49. The zero-order chi connectivity index (χ0) is 14.9. The molecule has 1 aliphatic rings. The lowest BCUT2D eigenvalue weighted by Gasteiger charge is -2.28. The van der Waals surface area contributed by atoms with Gasteiger partial charge in [0, 0.05) is 5.56 Å². The van der Waals surface area contributed by atoms with Crippen molar-refractivity contribution < 1.29 is 9.90 Å². The molecule has 1 aliphatic carbocycles. The lowest BCUT2D eigenvalue weighted by molar-refractivity contribution is 0.0824. The number of aliphatic hydroxyl groups excluding tert-OH is 1. The second kappa shape index (κ2) is 5.25. The fraction of sp³-hybridized carbons (Fsp3) is 0.429. The summed E-state index contributed by atoms with van der Waals surface area (Å²) >= 11 is 0. The van der Waals surface area contributed by atoms with Gasteiger partial charge in [0.15, 0.2) is 0 Å². The Labute approximate surface area is 122 Å². The molecule has 110 valence electrons. The minimum atomic E-state index is -0.554. The number of amides is 1. The molecule has 1 atom stereocenters. The molecule has 1 unspecified atom stereocenters. The molecule has 0 radical (unpaired) electrons. The first-order chi connectivity index (χ1) is 10.1. The molecule has 1 aromatic carbocycles. The smallest absolute Gasteiger partial charge is 0.251 e. The van der Waals surface area contributed by atoms with Crippen molar-refractivity contribution >= 4 is 5.91 Å². The second-order valence-electron chi connectivity index (χ2n) is 5.61. The number of aromatic nitrogens is 4. The van der Waals surface area contributed by atoms with Crippen molar-refractivity contribution in [1.82, 2.24) is 25.5 Å². The molecule has 0 bridgehead atoms. The number of hydrogen-bond donors (Lipinski definition) is 2. The molecule has 2 N–H and O–H groups in total. The van der Waals surface area contributed by atoms with Crippen LogP contribution in [0.15, 0.2) is 30.6 Å². The quantitative estimate of drug-likeness (QED) is 0.838. The predicted octanol–water partition coefficient (Wildman–Crippen LogP) is 0.553. The van der Waals surface area contributed by atoms with E-state index >= 15 is 0 Å². The van der Waals surface area contributed by atoms with Gasteiger partial charge < -0.3 is 10.4 Å². The van der Waals surface area contributed by atoms with E-state index in [4.69, 9.17) is 0 Å². The summed E-state index contributed by atoms with van der Waals surface area (Å²) in [6.07, 6.45) is 3.56. The molecule has 7 nitrogen and oxygen atoms in total. The predicted molar refractivity (Wildman–Crippen MR) is 74.8 cm³/mol. The van der Waals surface area contributed by atoms with Crippen molar-refractivity contribution in [2.75, 3.05) is 6.61 Å². The van der Waals surface area contributed by atoms with Gasteiger partial charge in [-0.15, -0.1) is 5.10 Å². The molecule has 0 saturated heterocycles. The molecule has 0 aliphatic heterocycles. The average molecular weight is 287 g/mol. The van der Waals surface area contributed by atoms with E-state index in [0.29, 0.717) is 17.2 Å². The Bertz CT molecular complexity index is 639. The molecular weight excluding hydrogens is 270 g/mol. The zero-order valence-electron chi connectivity index (χ0n) is 11.7. The third-order valence-electron chi connectivity index (χ3n) is 3.93. The zero-order valence-corrected chi connectivity index (χ0v) is 11.7. The van der Waals surface area contributed by atoms with Crippen LogP contribution >= 0.6 is 0 Å². The summed E-state index contributed by atoms with van der Waals surface area (Å²) in [4.78, 5) is 12.4. The minimum Gasteiger partial charge on any atom is -0.394 e. The van der Waals surface area contributed by atoms with Crippen LogP contribution in [0.1, 0.15) is 30.1 Å². The summed E-state index contributed by atoms with van der Waals surface area (Å²) in [6, 6.07) is 7.04. The van der Waals surface area contributed by atoms with Gasteiger partial charge in [-0.2, -0.15) is 0 Å². The molecule has 1 fully saturated rings. The molecule has 3 rings (SSSR count). The van der Waals surface area contributed by atoms with Gasteiger partial charge in [-0.3, -0.25) is 4.79 Å². The van der Waals surface area contributed by atoms with Crippen LogP contribution < -0.4 is 5.32 Å².